The molecule has 0 fully saturated rings. The van der Waals surface area contributed by atoms with Crippen molar-refractivity contribution in [3.05, 3.63) is 42.5 Å². The fourth-order valence-corrected chi connectivity index (χ4v) is 1.29. The maximum Gasteiger partial charge on any atom is 0.221 e. The second-order valence-electron chi connectivity index (χ2n) is 3.26. The van der Waals surface area contributed by atoms with E-state index in [1.54, 1.807) is 6.08 Å². The zero-order chi connectivity index (χ0) is 11.1. The summed E-state index contributed by atoms with van der Waals surface area (Å²) in [5.41, 5.74) is 1.94. The van der Waals surface area contributed by atoms with Crippen molar-refractivity contribution < 1.29 is 4.79 Å². The van der Waals surface area contributed by atoms with E-state index in [-0.39, 0.29) is 5.91 Å². The summed E-state index contributed by atoms with van der Waals surface area (Å²) in [6.45, 7) is 6.62. The minimum absolute atomic E-state index is 0.0498. The Kier molecular flexibility index (Phi) is 4.57. The maximum atomic E-state index is 10.9. The summed E-state index contributed by atoms with van der Waals surface area (Å²) in [6, 6.07) is 7.74. The molecule has 0 atom stereocenters. The number of carbonyl (C=O) groups is 1. The van der Waals surface area contributed by atoms with Crippen LogP contribution in [0.25, 0.3) is 0 Å². The highest BCUT2D eigenvalue weighted by Crippen LogP contribution is 2.14. The van der Waals surface area contributed by atoms with Crippen molar-refractivity contribution in [3.63, 3.8) is 0 Å². The van der Waals surface area contributed by atoms with E-state index in [0.717, 1.165) is 24.3 Å². The molecular weight excluding hydrogens is 188 g/mol. The van der Waals surface area contributed by atoms with Crippen LogP contribution in [0.15, 0.2) is 36.9 Å². The first-order chi connectivity index (χ1) is 7.24. The number of para-hydroxylation sites is 1. The van der Waals surface area contributed by atoms with Gasteiger partial charge in [0.05, 0.1) is 0 Å². The minimum atomic E-state index is -0.0498. The molecule has 15 heavy (non-hydrogen) atoms. The van der Waals surface area contributed by atoms with Crippen LogP contribution in [0.2, 0.25) is 0 Å². The average molecular weight is 204 g/mol. The van der Waals surface area contributed by atoms with Crippen molar-refractivity contribution in [1.82, 2.24) is 5.32 Å². The number of carbonyl (C=O) groups excluding carboxylic acids is 1. The quantitative estimate of drug-likeness (QED) is 0.568. The molecule has 0 radical (unpaired) electrons. The van der Waals surface area contributed by atoms with Crippen molar-refractivity contribution in [2.45, 2.75) is 13.5 Å². The third-order valence-electron chi connectivity index (χ3n) is 1.93. The summed E-state index contributed by atoms with van der Waals surface area (Å²) in [4.78, 5) is 10.9. The Hall–Kier alpha value is -1.61. The zero-order valence-electron chi connectivity index (χ0n) is 8.92. The highest BCUT2D eigenvalue weighted by molar-refractivity contribution is 5.89. The molecule has 0 aliphatic heterocycles. The van der Waals surface area contributed by atoms with Crippen LogP contribution in [0.1, 0.15) is 12.5 Å². The van der Waals surface area contributed by atoms with Gasteiger partial charge in [0, 0.05) is 25.7 Å². The van der Waals surface area contributed by atoms with E-state index in [2.05, 4.69) is 17.2 Å². The topological polar surface area (TPSA) is 41.1 Å². The van der Waals surface area contributed by atoms with Gasteiger partial charge >= 0.3 is 0 Å². The Morgan fingerprint density at radius 3 is 2.87 bits per heavy atom. The molecule has 0 heterocycles. The van der Waals surface area contributed by atoms with Gasteiger partial charge in [-0.25, -0.2) is 0 Å². The lowest BCUT2D eigenvalue weighted by Gasteiger charge is -2.09. The van der Waals surface area contributed by atoms with Crippen LogP contribution < -0.4 is 10.6 Å². The molecule has 0 aliphatic carbocycles. The molecule has 80 valence electrons. The predicted molar refractivity (Wildman–Crippen MR) is 62.6 cm³/mol. The van der Waals surface area contributed by atoms with Gasteiger partial charge in [-0.1, -0.05) is 24.3 Å². The van der Waals surface area contributed by atoms with Crippen molar-refractivity contribution in [1.29, 1.82) is 0 Å². The van der Waals surface area contributed by atoms with Crippen LogP contribution in [0.4, 0.5) is 5.69 Å². The van der Waals surface area contributed by atoms with E-state index in [1.165, 1.54) is 6.92 Å². The maximum absolute atomic E-state index is 10.9. The molecule has 1 aromatic rings. The molecule has 1 aromatic carbocycles. The van der Waals surface area contributed by atoms with E-state index in [0.29, 0.717) is 0 Å². The molecule has 3 nitrogen and oxygen atoms in total. The lowest BCUT2D eigenvalue weighted by atomic mass is 10.1. The van der Waals surface area contributed by atoms with Crippen LogP contribution >= 0.6 is 0 Å². The fraction of sp³-hybridized carbons (Fsp3) is 0.250. The summed E-state index contributed by atoms with van der Waals surface area (Å²) in [6.07, 6.45) is 1.81. The summed E-state index contributed by atoms with van der Waals surface area (Å²) in [7, 11) is 0. The van der Waals surface area contributed by atoms with Gasteiger partial charge in [-0.15, -0.1) is 6.58 Å². The number of amides is 1. The lowest BCUT2D eigenvalue weighted by molar-refractivity contribution is -0.114. The first-order valence-electron chi connectivity index (χ1n) is 4.91. The molecule has 1 rings (SSSR count). The van der Waals surface area contributed by atoms with Crippen molar-refractivity contribution in [2.24, 2.45) is 0 Å². The SMILES string of the molecule is C=CCNCc1ccccc1NC(C)=O. The van der Waals surface area contributed by atoms with Gasteiger partial charge in [0.2, 0.25) is 5.91 Å². The van der Waals surface area contributed by atoms with Gasteiger partial charge in [-0.05, 0) is 11.6 Å². The van der Waals surface area contributed by atoms with E-state index < -0.39 is 0 Å². The van der Waals surface area contributed by atoms with Crippen molar-refractivity contribution >= 4 is 11.6 Å². The lowest BCUT2D eigenvalue weighted by Crippen LogP contribution is -2.15. The third-order valence-corrected chi connectivity index (χ3v) is 1.93. The van der Waals surface area contributed by atoms with E-state index >= 15 is 0 Å². The number of hydrogen-bond acceptors (Lipinski definition) is 2. The van der Waals surface area contributed by atoms with Crippen LogP contribution in [0.3, 0.4) is 0 Å². The molecular formula is C12H16N2O. The monoisotopic (exact) mass is 204 g/mol. The van der Waals surface area contributed by atoms with E-state index in [4.69, 9.17) is 0 Å². The summed E-state index contributed by atoms with van der Waals surface area (Å²) in [5.74, 6) is -0.0498. The van der Waals surface area contributed by atoms with Gasteiger partial charge in [-0.3, -0.25) is 4.79 Å². The van der Waals surface area contributed by atoms with Crippen LogP contribution in [-0.2, 0) is 11.3 Å². The normalized spacial score (nSPS) is 9.67. The molecule has 2 N–H and O–H groups in total. The second-order valence-corrected chi connectivity index (χ2v) is 3.26. The first kappa shape index (κ1) is 11.5. The number of nitrogens with one attached hydrogen (secondary N) is 2. The van der Waals surface area contributed by atoms with Crippen LogP contribution in [0.5, 0.6) is 0 Å². The average Bonchev–Trinajstić information content (AvgIpc) is 2.20. The Balaban J connectivity index is 2.67. The smallest absolute Gasteiger partial charge is 0.221 e. The molecule has 0 aliphatic rings. The van der Waals surface area contributed by atoms with Crippen molar-refractivity contribution in [2.75, 3.05) is 11.9 Å². The van der Waals surface area contributed by atoms with Crippen molar-refractivity contribution in [3.8, 4) is 0 Å². The molecule has 3 heteroatoms. The first-order valence-corrected chi connectivity index (χ1v) is 4.91. The van der Waals surface area contributed by atoms with Gasteiger partial charge in [0.25, 0.3) is 0 Å². The Morgan fingerprint density at radius 1 is 1.47 bits per heavy atom. The third kappa shape index (κ3) is 3.95. The Morgan fingerprint density at radius 2 is 2.20 bits per heavy atom. The molecule has 0 saturated carbocycles. The highest BCUT2D eigenvalue weighted by atomic mass is 16.1. The zero-order valence-corrected chi connectivity index (χ0v) is 8.92. The molecule has 0 saturated heterocycles. The number of anilines is 1. The number of hydrogen-bond donors (Lipinski definition) is 2. The summed E-state index contributed by atoms with van der Waals surface area (Å²) in [5, 5.41) is 5.99. The van der Waals surface area contributed by atoms with E-state index in [1.807, 2.05) is 24.3 Å². The predicted octanol–water partition coefficient (Wildman–Crippen LogP) is 1.92. The standard InChI is InChI=1S/C12H16N2O/c1-3-8-13-9-11-6-4-5-7-12(11)14-10(2)15/h3-7,13H,1,8-9H2,2H3,(H,14,15). The highest BCUT2D eigenvalue weighted by Gasteiger charge is 2.01. The molecule has 0 spiro atoms. The Bertz CT molecular complexity index is 347. The van der Waals surface area contributed by atoms with Crippen LogP contribution in [0, 0.1) is 0 Å². The van der Waals surface area contributed by atoms with E-state index in [9.17, 15) is 4.79 Å². The van der Waals surface area contributed by atoms with Crippen LogP contribution in [-0.4, -0.2) is 12.5 Å². The minimum Gasteiger partial charge on any atom is -0.326 e. The molecule has 0 aromatic heterocycles. The molecule has 0 bridgehead atoms. The summed E-state index contributed by atoms with van der Waals surface area (Å²) >= 11 is 0. The second kappa shape index (κ2) is 5.98. The summed E-state index contributed by atoms with van der Waals surface area (Å²) < 4.78 is 0. The van der Waals surface area contributed by atoms with Gasteiger partial charge in [-0.2, -0.15) is 0 Å². The molecule has 0 unspecified atom stereocenters. The Labute approximate surface area is 90.2 Å². The fourth-order valence-electron chi connectivity index (χ4n) is 1.29. The van der Waals surface area contributed by atoms with Gasteiger partial charge in [0.15, 0.2) is 0 Å². The van der Waals surface area contributed by atoms with Gasteiger partial charge in [0.1, 0.15) is 0 Å². The largest absolute Gasteiger partial charge is 0.326 e. The number of benzene rings is 1. The molecule has 1 amide bonds. The number of rotatable bonds is 5. The van der Waals surface area contributed by atoms with Gasteiger partial charge < -0.3 is 10.6 Å².